The first-order chi connectivity index (χ1) is 14.0. The zero-order valence-corrected chi connectivity index (χ0v) is 16.0. The molecule has 2 aliphatic rings. The van der Waals surface area contributed by atoms with Crippen LogP contribution in [0.15, 0.2) is 53.7 Å². The minimum atomic E-state index is -0.650. The number of benzene rings is 2. The van der Waals surface area contributed by atoms with Crippen LogP contribution in [0.25, 0.3) is 0 Å². The molecule has 8 heteroatoms. The van der Waals surface area contributed by atoms with Crippen LogP contribution in [0, 0.1) is 0 Å². The molecule has 150 valence electrons. The predicted molar refractivity (Wildman–Crippen MR) is 102 cm³/mol. The predicted octanol–water partition coefficient (Wildman–Crippen LogP) is 2.80. The summed E-state index contributed by atoms with van der Waals surface area (Å²) >= 11 is 0. The summed E-state index contributed by atoms with van der Waals surface area (Å²) in [5.41, 5.74) is 2.26. The van der Waals surface area contributed by atoms with E-state index in [1.54, 1.807) is 44.4 Å². The van der Waals surface area contributed by atoms with Crippen LogP contribution in [0.3, 0.4) is 0 Å². The van der Waals surface area contributed by atoms with E-state index in [0.29, 0.717) is 34.1 Å². The average molecular weight is 396 g/mol. The molecule has 0 aromatic heterocycles. The first-order valence-corrected chi connectivity index (χ1v) is 9.03. The van der Waals surface area contributed by atoms with Crippen LogP contribution in [0.5, 0.6) is 17.2 Å². The van der Waals surface area contributed by atoms with Crippen molar-refractivity contribution in [2.75, 3.05) is 13.9 Å². The van der Waals surface area contributed by atoms with Crippen molar-refractivity contribution in [3.05, 3.63) is 64.9 Å². The van der Waals surface area contributed by atoms with Crippen molar-refractivity contribution in [3.8, 4) is 17.2 Å². The lowest BCUT2D eigenvalue weighted by Crippen LogP contribution is -2.45. The molecule has 29 heavy (non-hydrogen) atoms. The highest BCUT2D eigenvalue weighted by Crippen LogP contribution is 2.33. The zero-order chi connectivity index (χ0) is 20.4. The molecule has 2 N–H and O–H groups in total. The minimum absolute atomic E-state index is 0.0605. The monoisotopic (exact) mass is 396 g/mol. The van der Waals surface area contributed by atoms with Crippen LogP contribution in [0.2, 0.25) is 0 Å². The van der Waals surface area contributed by atoms with E-state index < -0.39 is 12.0 Å². The van der Waals surface area contributed by atoms with Crippen molar-refractivity contribution in [2.24, 2.45) is 0 Å². The number of hydrogen-bond donors (Lipinski definition) is 2. The number of urea groups is 1. The lowest BCUT2D eigenvalue weighted by molar-refractivity contribution is -0.140. The third kappa shape index (κ3) is 3.82. The molecule has 2 amide bonds. The van der Waals surface area contributed by atoms with Gasteiger partial charge in [0.15, 0.2) is 11.5 Å². The van der Waals surface area contributed by atoms with E-state index in [1.165, 1.54) is 0 Å². The number of allylic oxidation sites excluding steroid dienone is 1. The number of esters is 1. The van der Waals surface area contributed by atoms with Crippen LogP contribution >= 0.6 is 0 Å². The van der Waals surface area contributed by atoms with Crippen molar-refractivity contribution in [1.29, 1.82) is 0 Å². The maximum absolute atomic E-state index is 12.9. The first kappa shape index (κ1) is 18.7. The van der Waals surface area contributed by atoms with E-state index in [1.807, 2.05) is 12.1 Å². The molecule has 8 nitrogen and oxygen atoms in total. The first-order valence-electron chi connectivity index (χ1n) is 9.03. The molecule has 2 aromatic rings. The van der Waals surface area contributed by atoms with Gasteiger partial charge < -0.3 is 29.6 Å². The second-order valence-corrected chi connectivity index (χ2v) is 6.61. The van der Waals surface area contributed by atoms with Crippen molar-refractivity contribution in [1.82, 2.24) is 10.6 Å². The van der Waals surface area contributed by atoms with Gasteiger partial charge in [0.05, 0.1) is 18.7 Å². The third-order valence-electron chi connectivity index (χ3n) is 4.72. The molecular weight excluding hydrogens is 376 g/mol. The van der Waals surface area contributed by atoms with E-state index in [-0.39, 0.29) is 19.4 Å². The zero-order valence-electron chi connectivity index (χ0n) is 16.0. The van der Waals surface area contributed by atoms with Crippen molar-refractivity contribution in [3.63, 3.8) is 0 Å². The van der Waals surface area contributed by atoms with Crippen LogP contribution in [-0.4, -0.2) is 25.9 Å². The van der Waals surface area contributed by atoms with Gasteiger partial charge in [0.25, 0.3) is 0 Å². The van der Waals surface area contributed by atoms with Crippen molar-refractivity contribution in [2.45, 2.75) is 19.6 Å². The molecule has 0 saturated carbocycles. The summed E-state index contributed by atoms with van der Waals surface area (Å²) in [5, 5.41) is 5.41. The normalized spacial score (nSPS) is 17.4. The standard InChI is InChI=1S/C21H20N2O6/c1-12-18(19(23-21(25)22-12)14-4-3-5-15(9-14)26-2)20(24)27-10-13-6-7-16-17(8-13)29-11-28-16/h3-9,19H,10-11H2,1-2H3,(H2,22,23,25)/t19-/m0/s1. The highest BCUT2D eigenvalue weighted by molar-refractivity contribution is 5.95. The van der Waals surface area contributed by atoms with Gasteiger partial charge in [0.1, 0.15) is 12.4 Å². The van der Waals surface area contributed by atoms with Gasteiger partial charge in [-0.1, -0.05) is 18.2 Å². The van der Waals surface area contributed by atoms with Crippen LogP contribution in [0.4, 0.5) is 4.79 Å². The summed E-state index contributed by atoms with van der Waals surface area (Å²) < 4.78 is 21.4. The van der Waals surface area contributed by atoms with Gasteiger partial charge in [-0.2, -0.15) is 0 Å². The second kappa shape index (κ2) is 7.75. The van der Waals surface area contributed by atoms with E-state index in [2.05, 4.69) is 10.6 Å². The number of methoxy groups -OCH3 is 1. The highest BCUT2D eigenvalue weighted by atomic mass is 16.7. The fourth-order valence-electron chi connectivity index (χ4n) is 3.29. The molecular formula is C21H20N2O6. The Balaban J connectivity index is 1.55. The smallest absolute Gasteiger partial charge is 0.338 e. The molecule has 2 heterocycles. The number of carbonyl (C=O) groups is 2. The van der Waals surface area contributed by atoms with Gasteiger partial charge in [0.2, 0.25) is 6.79 Å². The molecule has 0 aliphatic carbocycles. The Morgan fingerprint density at radius 3 is 2.83 bits per heavy atom. The summed E-state index contributed by atoms with van der Waals surface area (Å²) in [7, 11) is 1.56. The van der Waals surface area contributed by atoms with Gasteiger partial charge in [-0.05, 0) is 42.3 Å². The highest BCUT2D eigenvalue weighted by Gasteiger charge is 2.32. The fourth-order valence-corrected chi connectivity index (χ4v) is 3.29. The Hall–Kier alpha value is -3.68. The number of amides is 2. The molecule has 0 unspecified atom stereocenters. The Kier molecular flexibility index (Phi) is 4.99. The Morgan fingerprint density at radius 2 is 2.00 bits per heavy atom. The Bertz CT molecular complexity index is 1000. The van der Waals surface area contributed by atoms with Gasteiger partial charge >= 0.3 is 12.0 Å². The minimum Gasteiger partial charge on any atom is -0.497 e. The molecule has 0 spiro atoms. The molecule has 2 aromatic carbocycles. The van der Waals surface area contributed by atoms with Gasteiger partial charge in [-0.25, -0.2) is 9.59 Å². The van der Waals surface area contributed by atoms with Gasteiger partial charge in [0, 0.05) is 5.70 Å². The number of rotatable bonds is 5. The lowest BCUT2D eigenvalue weighted by atomic mass is 9.95. The second-order valence-electron chi connectivity index (χ2n) is 6.61. The van der Waals surface area contributed by atoms with E-state index >= 15 is 0 Å². The van der Waals surface area contributed by atoms with E-state index in [0.717, 1.165) is 5.56 Å². The van der Waals surface area contributed by atoms with E-state index in [9.17, 15) is 9.59 Å². The van der Waals surface area contributed by atoms with E-state index in [4.69, 9.17) is 18.9 Å². The SMILES string of the molecule is COc1cccc([C@@H]2NC(=O)NC(C)=C2C(=O)OCc2ccc3c(c2)OCO3)c1. The topological polar surface area (TPSA) is 95.1 Å². The Morgan fingerprint density at radius 1 is 1.17 bits per heavy atom. The number of ether oxygens (including phenoxy) is 4. The molecule has 0 bridgehead atoms. The molecule has 0 fully saturated rings. The summed E-state index contributed by atoms with van der Waals surface area (Å²) in [6.45, 7) is 1.91. The van der Waals surface area contributed by atoms with Crippen molar-refractivity contribution >= 4 is 12.0 Å². The fraction of sp³-hybridized carbons (Fsp3) is 0.238. The molecule has 1 atom stereocenters. The molecule has 0 radical (unpaired) electrons. The summed E-state index contributed by atoms with van der Waals surface area (Å²) in [5.74, 6) is 1.38. The lowest BCUT2D eigenvalue weighted by Gasteiger charge is -2.28. The van der Waals surface area contributed by atoms with Gasteiger partial charge in [-0.3, -0.25) is 0 Å². The summed E-state index contributed by atoms with van der Waals surface area (Å²) in [6, 6.07) is 11.5. The van der Waals surface area contributed by atoms with Crippen LogP contribution in [0.1, 0.15) is 24.1 Å². The van der Waals surface area contributed by atoms with Gasteiger partial charge in [-0.15, -0.1) is 0 Å². The largest absolute Gasteiger partial charge is 0.497 e. The van der Waals surface area contributed by atoms with Crippen LogP contribution in [-0.2, 0) is 16.1 Å². The summed E-state index contributed by atoms with van der Waals surface area (Å²) in [6.07, 6.45) is 0. The quantitative estimate of drug-likeness (QED) is 0.755. The maximum Gasteiger partial charge on any atom is 0.338 e. The molecule has 2 aliphatic heterocycles. The summed E-state index contributed by atoms with van der Waals surface area (Å²) in [4.78, 5) is 24.9. The molecule has 0 saturated heterocycles. The number of carbonyl (C=O) groups excluding carboxylic acids is 2. The number of fused-ring (bicyclic) bond motifs is 1. The molecule has 4 rings (SSSR count). The Labute approximate surface area is 167 Å². The van der Waals surface area contributed by atoms with Crippen LogP contribution < -0.4 is 24.8 Å². The van der Waals surface area contributed by atoms with Crippen molar-refractivity contribution < 1.29 is 28.5 Å². The average Bonchev–Trinajstić information content (AvgIpc) is 3.19. The maximum atomic E-state index is 12.9. The number of nitrogens with one attached hydrogen (secondary N) is 2. The number of hydrogen-bond acceptors (Lipinski definition) is 6. The third-order valence-corrected chi connectivity index (χ3v) is 4.72.